The fourth-order valence-corrected chi connectivity index (χ4v) is 3.23. The van der Waals surface area contributed by atoms with Gasteiger partial charge in [-0.2, -0.15) is 36.3 Å². The van der Waals surface area contributed by atoms with Crippen LogP contribution in [-0.2, 0) is 18.0 Å². The van der Waals surface area contributed by atoms with Crippen LogP contribution < -0.4 is 5.32 Å². The maximum atomic E-state index is 13.3. The fourth-order valence-electron chi connectivity index (χ4n) is 3.23. The molecule has 0 radical (unpaired) electrons. The van der Waals surface area contributed by atoms with Crippen LogP contribution in [0.25, 0.3) is 22.9 Å². The third kappa shape index (κ3) is 6.02. The Kier molecular flexibility index (Phi) is 7.02. The molecule has 0 saturated carbocycles. The summed E-state index contributed by atoms with van der Waals surface area (Å²) in [5, 5.41) is 13.2. The highest BCUT2D eigenvalue weighted by Crippen LogP contribution is 2.32. The summed E-state index contributed by atoms with van der Waals surface area (Å²) in [5.74, 6) is -0.573. The molecule has 0 saturated heterocycles. The summed E-state index contributed by atoms with van der Waals surface area (Å²) in [7, 11) is 0. The molecule has 198 valence electrons. The van der Waals surface area contributed by atoms with Gasteiger partial charge in [0, 0.05) is 23.6 Å². The van der Waals surface area contributed by atoms with Crippen LogP contribution in [0.5, 0.6) is 0 Å². The van der Waals surface area contributed by atoms with Gasteiger partial charge in [-0.1, -0.05) is 13.0 Å². The number of hydrogen-bond donors (Lipinski definition) is 2. The lowest BCUT2D eigenvalue weighted by Gasteiger charge is -2.21. The molecule has 8 nitrogen and oxygen atoms in total. The zero-order valence-corrected chi connectivity index (χ0v) is 19.8. The van der Waals surface area contributed by atoms with Crippen LogP contribution in [0.1, 0.15) is 37.4 Å². The van der Waals surface area contributed by atoms with Gasteiger partial charge in [0.15, 0.2) is 11.6 Å². The lowest BCUT2D eigenvalue weighted by Crippen LogP contribution is -2.21. The number of rotatable bonds is 6. The average molecular weight is 535 g/mol. The van der Waals surface area contributed by atoms with E-state index in [1.165, 1.54) is 30.5 Å². The lowest BCUT2D eigenvalue weighted by molar-refractivity contribution is -0.141. The van der Waals surface area contributed by atoms with Crippen LogP contribution in [-0.4, -0.2) is 35.0 Å². The predicted octanol–water partition coefficient (Wildman–Crippen LogP) is 5.79. The van der Waals surface area contributed by atoms with Crippen molar-refractivity contribution in [1.82, 2.24) is 29.9 Å². The molecule has 0 bridgehead atoms. The molecule has 1 atom stereocenters. The molecular weight excluding hydrogens is 516 g/mol. The van der Waals surface area contributed by atoms with Crippen LogP contribution >= 0.6 is 0 Å². The summed E-state index contributed by atoms with van der Waals surface area (Å²) in [6.07, 6.45) is -6.78. The highest BCUT2D eigenvalue weighted by Gasteiger charge is 2.33. The topological polar surface area (TPSA) is 110 Å². The normalized spacial score (nSPS) is 13.7. The number of halogens is 6. The Morgan fingerprint density at radius 3 is 2.11 bits per heavy atom. The van der Waals surface area contributed by atoms with Crippen LogP contribution in [0.3, 0.4) is 0 Å². The Bertz CT molecular complexity index is 1460. The standard InChI is InChI=1S/C24H19F6N7O/c1-3-22(2,38)17-11-13(7-9-31-17)19-35-20(15-5-4-6-16(34-15)23(25,26)27)37-21(36-19)33-14-8-10-32-18(12-14)24(28,29)30/h4-12,38H,3H2,1-2H3,(H,32,33,35,36,37). The molecule has 38 heavy (non-hydrogen) atoms. The smallest absolute Gasteiger partial charge is 0.384 e. The van der Waals surface area contributed by atoms with Gasteiger partial charge in [0.2, 0.25) is 5.95 Å². The molecule has 14 heteroatoms. The van der Waals surface area contributed by atoms with E-state index in [0.717, 1.165) is 24.4 Å². The van der Waals surface area contributed by atoms with Gasteiger partial charge in [0.05, 0.1) is 5.69 Å². The summed E-state index contributed by atoms with van der Waals surface area (Å²) in [6.45, 7) is 3.31. The van der Waals surface area contributed by atoms with Gasteiger partial charge in [-0.3, -0.25) is 9.97 Å². The third-order valence-electron chi connectivity index (χ3n) is 5.47. The van der Waals surface area contributed by atoms with Crippen molar-refractivity contribution in [2.24, 2.45) is 0 Å². The molecule has 4 aromatic rings. The first kappa shape index (κ1) is 26.9. The van der Waals surface area contributed by atoms with Crippen molar-refractivity contribution in [3.8, 4) is 22.9 Å². The van der Waals surface area contributed by atoms with Crippen molar-refractivity contribution in [3.63, 3.8) is 0 Å². The highest BCUT2D eigenvalue weighted by atomic mass is 19.4. The number of alkyl halides is 6. The minimum absolute atomic E-state index is 0.0441. The first-order valence-electron chi connectivity index (χ1n) is 11.1. The lowest BCUT2D eigenvalue weighted by atomic mass is 9.97. The second-order valence-corrected chi connectivity index (χ2v) is 8.32. The molecule has 4 rings (SSSR count). The number of anilines is 2. The number of hydrogen-bond acceptors (Lipinski definition) is 8. The number of aromatic nitrogens is 6. The van der Waals surface area contributed by atoms with E-state index in [-0.39, 0.29) is 34.7 Å². The SMILES string of the molecule is CCC(C)(O)c1cc(-c2nc(Nc3ccnc(C(F)(F)F)c3)nc(-c3cccc(C(F)(F)F)n3)n2)ccn1. The van der Waals surface area contributed by atoms with Crippen molar-refractivity contribution in [3.05, 3.63) is 71.9 Å². The molecule has 1 unspecified atom stereocenters. The minimum Gasteiger partial charge on any atom is -0.384 e. The Morgan fingerprint density at radius 2 is 1.42 bits per heavy atom. The third-order valence-corrected chi connectivity index (χ3v) is 5.47. The van der Waals surface area contributed by atoms with Crippen molar-refractivity contribution < 1.29 is 31.4 Å². The van der Waals surface area contributed by atoms with E-state index < -0.39 is 29.3 Å². The van der Waals surface area contributed by atoms with E-state index in [9.17, 15) is 31.4 Å². The molecule has 0 aliphatic heterocycles. The van der Waals surface area contributed by atoms with Crippen LogP contribution in [0.15, 0.2) is 54.9 Å². The first-order chi connectivity index (χ1) is 17.8. The molecule has 0 amide bonds. The zero-order valence-electron chi connectivity index (χ0n) is 19.8. The Balaban J connectivity index is 1.85. The van der Waals surface area contributed by atoms with Gasteiger partial charge in [0.25, 0.3) is 0 Å². The van der Waals surface area contributed by atoms with E-state index >= 15 is 0 Å². The maximum Gasteiger partial charge on any atom is 0.433 e. The summed E-state index contributed by atoms with van der Waals surface area (Å²) in [4.78, 5) is 23.6. The average Bonchev–Trinajstić information content (AvgIpc) is 2.88. The summed E-state index contributed by atoms with van der Waals surface area (Å²) < 4.78 is 79.1. The van der Waals surface area contributed by atoms with Crippen molar-refractivity contribution in [2.45, 2.75) is 38.2 Å². The second-order valence-electron chi connectivity index (χ2n) is 8.32. The zero-order chi connectivity index (χ0) is 27.7. The van der Waals surface area contributed by atoms with Gasteiger partial charge < -0.3 is 10.4 Å². The van der Waals surface area contributed by atoms with Crippen molar-refractivity contribution >= 4 is 11.6 Å². The number of aliphatic hydroxyl groups is 1. The quantitative estimate of drug-likeness (QED) is 0.299. The molecule has 0 aromatic carbocycles. The molecule has 4 heterocycles. The van der Waals surface area contributed by atoms with E-state index in [2.05, 4.69) is 35.2 Å². The van der Waals surface area contributed by atoms with Gasteiger partial charge in [-0.25, -0.2) is 9.97 Å². The molecular formula is C24H19F6N7O. The van der Waals surface area contributed by atoms with Crippen LogP contribution in [0, 0.1) is 0 Å². The second kappa shape index (κ2) is 9.93. The Morgan fingerprint density at radius 1 is 0.763 bits per heavy atom. The van der Waals surface area contributed by atoms with E-state index in [1.54, 1.807) is 13.8 Å². The Hall–Kier alpha value is -4.20. The van der Waals surface area contributed by atoms with Gasteiger partial charge >= 0.3 is 12.4 Å². The number of nitrogens with zero attached hydrogens (tertiary/aromatic N) is 6. The van der Waals surface area contributed by atoms with E-state index in [4.69, 9.17) is 0 Å². The highest BCUT2D eigenvalue weighted by molar-refractivity contribution is 5.63. The monoisotopic (exact) mass is 535 g/mol. The van der Waals surface area contributed by atoms with Gasteiger partial charge in [-0.15, -0.1) is 0 Å². The van der Waals surface area contributed by atoms with Crippen LogP contribution in [0.2, 0.25) is 0 Å². The molecule has 0 aliphatic carbocycles. The molecule has 4 aromatic heterocycles. The summed E-state index contributed by atoms with van der Waals surface area (Å²) in [6, 6.07) is 8.14. The molecule has 0 fully saturated rings. The minimum atomic E-state index is -4.73. The summed E-state index contributed by atoms with van der Waals surface area (Å²) >= 11 is 0. The predicted molar refractivity (Wildman–Crippen MR) is 124 cm³/mol. The summed E-state index contributed by atoms with van der Waals surface area (Å²) in [5.41, 5.74) is -3.34. The van der Waals surface area contributed by atoms with Crippen LogP contribution in [0.4, 0.5) is 38.0 Å². The number of nitrogens with one attached hydrogen (secondary N) is 1. The van der Waals surface area contributed by atoms with Crippen molar-refractivity contribution in [1.29, 1.82) is 0 Å². The Labute approximate surface area is 211 Å². The van der Waals surface area contributed by atoms with E-state index in [0.29, 0.717) is 12.0 Å². The first-order valence-corrected chi connectivity index (χ1v) is 11.1. The number of pyridine rings is 3. The van der Waals surface area contributed by atoms with E-state index in [1.807, 2.05) is 0 Å². The fraction of sp³-hybridized carbons (Fsp3) is 0.250. The maximum absolute atomic E-state index is 13.3. The molecule has 2 N–H and O–H groups in total. The molecule has 0 spiro atoms. The van der Waals surface area contributed by atoms with Gasteiger partial charge in [0.1, 0.15) is 22.7 Å². The van der Waals surface area contributed by atoms with Crippen molar-refractivity contribution in [2.75, 3.05) is 5.32 Å². The van der Waals surface area contributed by atoms with Gasteiger partial charge in [-0.05, 0) is 49.7 Å². The largest absolute Gasteiger partial charge is 0.433 e. The molecule has 0 aliphatic rings.